The predicted molar refractivity (Wildman–Crippen MR) is 82.1 cm³/mol. The summed E-state index contributed by atoms with van der Waals surface area (Å²) in [5, 5.41) is 12.6. The summed E-state index contributed by atoms with van der Waals surface area (Å²) < 4.78 is 1.12. The molecule has 0 amide bonds. The highest BCUT2D eigenvalue weighted by Gasteiger charge is 2.42. The normalized spacial score (nSPS) is 17.0. The number of nitriles is 1. The van der Waals surface area contributed by atoms with Gasteiger partial charge < -0.3 is 5.32 Å². The van der Waals surface area contributed by atoms with E-state index in [1.54, 1.807) is 0 Å². The lowest BCUT2D eigenvalue weighted by atomic mass is 9.82. The third-order valence-electron chi connectivity index (χ3n) is 4.05. The van der Waals surface area contributed by atoms with Crippen molar-refractivity contribution in [3.05, 3.63) is 33.8 Å². The minimum atomic E-state index is -0.0671. The van der Waals surface area contributed by atoms with Crippen molar-refractivity contribution in [2.45, 2.75) is 39.0 Å². The van der Waals surface area contributed by atoms with Crippen LogP contribution in [0.3, 0.4) is 0 Å². The van der Waals surface area contributed by atoms with Crippen LogP contribution in [0.1, 0.15) is 37.8 Å². The summed E-state index contributed by atoms with van der Waals surface area (Å²) in [6.07, 6.45) is 2.10. The van der Waals surface area contributed by atoms with Crippen LogP contribution in [0, 0.1) is 23.7 Å². The van der Waals surface area contributed by atoms with Gasteiger partial charge in [0.15, 0.2) is 0 Å². The second-order valence-corrected chi connectivity index (χ2v) is 7.25. The first-order chi connectivity index (χ1) is 8.88. The van der Waals surface area contributed by atoms with Gasteiger partial charge in [0.1, 0.15) is 0 Å². The number of nitrogens with zero attached hydrogens (tertiary/aromatic N) is 1. The highest BCUT2D eigenvalue weighted by molar-refractivity contribution is 9.10. The summed E-state index contributed by atoms with van der Waals surface area (Å²) in [5.41, 5.74) is 2.68. The first kappa shape index (κ1) is 14.6. The number of hydrogen-bond acceptors (Lipinski definition) is 2. The minimum absolute atomic E-state index is 0.0671. The van der Waals surface area contributed by atoms with E-state index >= 15 is 0 Å². The number of rotatable bonds is 5. The van der Waals surface area contributed by atoms with Gasteiger partial charge in [-0.3, -0.25) is 0 Å². The SMILES string of the molecule is Cc1ccc(Br)cc1C(C)(C)CNCC1(C#N)CC1. The zero-order valence-electron chi connectivity index (χ0n) is 11.9. The van der Waals surface area contributed by atoms with E-state index in [0.29, 0.717) is 0 Å². The fourth-order valence-electron chi connectivity index (χ4n) is 2.51. The lowest BCUT2D eigenvalue weighted by molar-refractivity contribution is 0.441. The van der Waals surface area contributed by atoms with Gasteiger partial charge in [0, 0.05) is 23.0 Å². The van der Waals surface area contributed by atoms with E-state index in [1.165, 1.54) is 11.1 Å². The summed E-state index contributed by atoms with van der Waals surface area (Å²) >= 11 is 3.55. The second-order valence-electron chi connectivity index (χ2n) is 6.34. The van der Waals surface area contributed by atoms with Gasteiger partial charge in [-0.25, -0.2) is 0 Å². The maximum absolute atomic E-state index is 9.09. The number of halogens is 1. The third kappa shape index (κ3) is 3.38. The molecular weight excluding hydrogens is 300 g/mol. The largest absolute Gasteiger partial charge is 0.314 e. The van der Waals surface area contributed by atoms with Crippen molar-refractivity contribution >= 4 is 15.9 Å². The van der Waals surface area contributed by atoms with Crippen molar-refractivity contribution < 1.29 is 0 Å². The Morgan fingerprint density at radius 2 is 2.11 bits per heavy atom. The van der Waals surface area contributed by atoms with Crippen LogP contribution >= 0.6 is 15.9 Å². The molecule has 0 heterocycles. The van der Waals surface area contributed by atoms with Crippen molar-refractivity contribution in [2.24, 2.45) is 5.41 Å². The Kier molecular flexibility index (Phi) is 4.03. The van der Waals surface area contributed by atoms with Gasteiger partial charge in [0.2, 0.25) is 0 Å². The van der Waals surface area contributed by atoms with Gasteiger partial charge in [0.05, 0.1) is 11.5 Å². The molecule has 1 saturated carbocycles. The average molecular weight is 321 g/mol. The number of nitrogens with one attached hydrogen (secondary N) is 1. The van der Waals surface area contributed by atoms with Crippen molar-refractivity contribution in [3.63, 3.8) is 0 Å². The maximum Gasteiger partial charge on any atom is 0.0703 e. The van der Waals surface area contributed by atoms with E-state index in [2.05, 4.69) is 66.3 Å². The Hall–Kier alpha value is -0.850. The zero-order valence-corrected chi connectivity index (χ0v) is 13.5. The van der Waals surface area contributed by atoms with Crippen LogP contribution in [0.5, 0.6) is 0 Å². The number of aryl methyl sites for hydroxylation is 1. The molecule has 1 aliphatic carbocycles. The molecule has 0 radical (unpaired) electrons. The standard InChI is InChI=1S/C16H21BrN2/c1-12-4-5-13(17)8-14(12)15(2,3)10-19-11-16(9-18)6-7-16/h4-5,8,19H,6-7,10-11H2,1-3H3. The molecule has 1 fully saturated rings. The monoisotopic (exact) mass is 320 g/mol. The molecule has 102 valence electrons. The van der Waals surface area contributed by atoms with Crippen molar-refractivity contribution in [1.29, 1.82) is 5.26 Å². The lowest BCUT2D eigenvalue weighted by Gasteiger charge is -2.28. The van der Waals surface area contributed by atoms with Crippen LogP contribution in [-0.2, 0) is 5.41 Å². The van der Waals surface area contributed by atoms with Gasteiger partial charge in [0.25, 0.3) is 0 Å². The Morgan fingerprint density at radius 3 is 2.68 bits per heavy atom. The fourth-order valence-corrected chi connectivity index (χ4v) is 2.87. The second kappa shape index (κ2) is 5.26. The zero-order chi connectivity index (χ0) is 14.1. The Morgan fingerprint density at radius 1 is 1.42 bits per heavy atom. The van der Waals surface area contributed by atoms with Gasteiger partial charge in [-0.1, -0.05) is 35.8 Å². The van der Waals surface area contributed by atoms with Gasteiger partial charge in [-0.05, 0) is 43.0 Å². The Bertz CT molecular complexity index is 510. The molecule has 1 aromatic rings. The maximum atomic E-state index is 9.09. The molecule has 0 aromatic heterocycles. The Labute approximate surface area is 124 Å². The van der Waals surface area contributed by atoms with Crippen LogP contribution in [0.25, 0.3) is 0 Å². The van der Waals surface area contributed by atoms with Crippen LogP contribution in [0.15, 0.2) is 22.7 Å². The smallest absolute Gasteiger partial charge is 0.0703 e. The Balaban J connectivity index is 2.01. The average Bonchev–Trinajstić information content (AvgIpc) is 3.12. The molecule has 0 atom stereocenters. The molecule has 0 bridgehead atoms. The van der Waals surface area contributed by atoms with E-state index < -0.39 is 0 Å². The highest BCUT2D eigenvalue weighted by atomic mass is 79.9. The van der Waals surface area contributed by atoms with Crippen molar-refractivity contribution in [2.75, 3.05) is 13.1 Å². The molecule has 3 heteroatoms. The summed E-state index contributed by atoms with van der Waals surface area (Å²) in [4.78, 5) is 0. The molecule has 2 nitrogen and oxygen atoms in total. The van der Waals surface area contributed by atoms with Gasteiger partial charge in [-0.2, -0.15) is 5.26 Å². The lowest BCUT2D eigenvalue weighted by Crippen LogP contribution is -2.36. The van der Waals surface area contributed by atoms with E-state index in [0.717, 1.165) is 30.4 Å². The minimum Gasteiger partial charge on any atom is -0.314 e. The van der Waals surface area contributed by atoms with E-state index in [-0.39, 0.29) is 10.8 Å². The van der Waals surface area contributed by atoms with Gasteiger partial charge in [-0.15, -0.1) is 0 Å². The van der Waals surface area contributed by atoms with Crippen LogP contribution in [0.2, 0.25) is 0 Å². The molecule has 1 N–H and O–H groups in total. The molecule has 0 saturated heterocycles. The topological polar surface area (TPSA) is 35.8 Å². The number of hydrogen-bond donors (Lipinski definition) is 1. The number of benzene rings is 1. The molecule has 0 spiro atoms. The summed E-state index contributed by atoms with van der Waals surface area (Å²) in [7, 11) is 0. The molecular formula is C16H21BrN2. The quantitative estimate of drug-likeness (QED) is 0.892. The van der Waals surface area contributed by atoms with Crippen LogP contribution < -0.4 is 5.32 Å². The molecule has 0 aliphatic heterocycles. The van der Waals surface area contributed by atoms with Crippen molar-refractivity contribution in [1.82, 2.24) is 5.32 Å². The molecule has 1 aromatic carbocycles. The molecule has 2 rings (SSSR count). The van der Waals surface area contributed by atoms with E-state index in [4.69, 9.17) is 5.26 Å². The third-order valence-corrected chi connectivity index (χ3v) is 4.54. The van der Waals surface area contributed by atoms with Gasteiger partial charge >= 0.3 is 0 Å². The van der Waals surface area contributed by atoms with Crippen LogP contribution in [-0.4, -0.2) is 13.1 Å². The molecule has 19 heavy (non-hydrogen) atoms. The first-order valence-electron chi connectivity index (χ1n) is 6.77. The molecule has 0 unspecified atom stereocenters. The molecule has 1 aliphatic rings. The summed E-state index contributed by atoms with van der Waals surface area (Å²) in [6.45, 7) is 8.37. The fraction of sp³-hybridized carbons (Fsp3) is 0.562. The van der Waals surface area contributed by atoms with Crippen LogP contribution in [0.4, 0.5) is 0 Å². The van der Waals surface area contributed by atoms with E-state index in [9.17, 15) is 0 Å². The summed E-state index contributed by atoms with van der Waals surface area (Å²) in [5.74, 6) is 0. The van der Waals surface area contributed by atoms with Crippen molar-refractivity contribution in [3.8, 4) is 6.07 Å². The predicted octanol–water partition coefficient (Wildman–Crippen LogP) is 3.93. The summed E-state index contributed by atoms with van der Waals surface area (Å²) in [6, 6.07) is 8.86. The highest BCUT2D eigenvalue weighted by Crippen LogP contribution is 2.44. The first-order valence-corrected chi connectivity index (χ1v) is 7.56. The van der Waals surface area contributed by atoms with E-state index in [1.807, 2.05) is 0 Å².